The van der Waals surface area contributed by atoms with Crippen molar-refractivity contribution >= 4 is 21.7 Å². The predicted molar refractivity (Wildman–Crippen MR) is 169 cm³/mol. The zero-order valence-corrected chi connectivity index (χ0v) is 26.9. The molecule has 3 aromatic carbocycles. The van der Waals surface area contributed by atoms with E-state index in [2.05, 4.69) is 10.3 Å². The molecule has 4 aromatic rings. The number of esters is 1. The van der Waals surface area contributed by atoms with Gasteiger partial charge in [0.1, 0.15) is 39.2 Å². The lowest BCUT2D eigenvalue weighted by molar-refractivity contribution is -0.157. The maximum Gasteiger partial charge on any atom is 0.329 e. The molecule has 9 nitrogen and oxygen atoms in total. The van der Waals surface area contributed by atoms with E-state index in [-0.39, 0.29) is 30.2 Å². The number of nitrogens with one attached hydrogen (secondary N) is 1. The van der Waals surface area contributed by atoms with Crippen molar-refractivity contribution in [3.8, 4) is 11.1 Å². The summed E-state index contributed by atoms with van der Waals surface area (Å²) in [7, 11) is -3.44. The lowest BCUT2D eigenvalue weighted by Gasteiger charge is -2.25. The summed E-state index contributed by atoms with van der Waals surface area (Å²) in [6.45, 7) is 5.54. The van der Waals surface area contributed by atoms with E-state index in [1.54, 1.807) is 69.8 Å². The number of aromatic nitrogens is 2. The van der Waals surface area contributed by atoms with Crippen LogP contribution in [0.25, 0.3) is 11.1 Å². The molecule has 0 saturated heterocycles. The van der Waals surface area contributed by atoms with Gasteiger partial charge in [-0.15, -0.1) is 0 Å². The molecule has 2 atom stereocenters. The van der Waals surface area contributed by atoms with Crippen molar-refractivity contribution in [1.82, 2.24) is 14.9 Å². The normalized spacial score (nSPS) is 13.2. The number of amides is 1. The number of carbonyl (C=O) groups excluding carboxylic acids is 2. The molecule has 1 aromatic heterocycles. The Morgan fingerprint density at radius 2 is 1.63 bits per heavy atom. The Morgan fingerprint density at radius 1 is 0.978 bits per heavy atom. The highest BCUT2D eigenvalue weighted by Crippen LogP contribution is 2.28. The summed E-state index contributed by atoms with van der Waals surface area (Å²) in [5.41, 5.74) is 1.73. The average Bonchev–Trinajstić information content (AvgIpc) is 3.50. The molecule has 0 aliphatic heterocycles. The second kappa shape index (κ2) is 14.8. The van der Waals surface area contributed by atoms with E-state index in [4.69, 9.17) is 9.47 Å². The van der Waals surface area contributed by atoms with Gasteiger partial charge in [0.25, 0.3) is 5.91 Å². The molecule has 4 rings (SSSR count). The SMILES string of the molecule is CC(C)(C)OC(=O)[C@H](CCS(C)(=O)=O)NC(=O)c1ccc(COC(Cn2ccnc2)c2ccc(F)cc2)cc1-c1ccc(F)cc1. The van der Waals surface area contributed by atoms with Gasteiger partial charge in [-0.25, -0.2) is 27.0 Å². The summed E-state index contributed by atoms with van der Waals surface area (Å²) in [6, 6.07) is 15.4. The minimum absolute atomic E-state index is 0.113. The van der Waals surface area contributed by atoms with Gasteiger partial charge in [-0.2, -0.15) is 0 Å². The second-order valence-electron chi connectivity index (χ2n) is 12.0. The van der Waals surface area contributed by atoms with E-state index in [0.29, 0.717) is 23.2 Å². The first kappa shape index (κ1) is 34.5. The molecule has 12 heteroatoms. The summed E-state index contributed by atoms with van der Waals surface area (Å²) in [5.74, 6) is -2.56. The van der Waals surface area contributed by atoms with Crippen LogP contribution in [0.1, 0.15) is 54.8 Å². The summed E-state index contributed by atoms with van der Waals surface area (Å²) < 4.78 is 64.8. The number of halogens is 2. The molecule has 1 amide bonds. The molecule has 0 radical (unpaired) electrons. The van der Waals surface area contributed by atoms with Crippen molar-refractivity contribution in [2.45, 2.75) is 58.1 Å². The fraction of sp³-hybridized carbons (Fsp3) is 0.324. The molecular weight excluding hydrogens is 616 g/mol. The molecule has 0 fully saturated rings. The van der Waals surface area contributed by atoms with Crippen LogP contribution in [0.15, 0.2) is 85.5 Å². The van der Waals surface area contributed by atoms with Crippen LogP contribution in [-0.4, -0.2) is 53.5 Å². The predicted octanol–water partition coefficient (Wildman–Crippen LogP) is 5.66. The maximum atomic E-state index is 13.8. The number of imidazole rings is 1. The fourth-order valence-electron chi connectivity index (χ4n) is 4.65. The van der Waals surface area contributed by atoms with Gasteiger partial charge in [-0.1, -0.05) is 30.3 Å². The number of nitrogens with zero attached hydrogens (tertiary/aromatic N) is 2. The number of sulfone groups is 1. The van der Waals surface area contributed by atoms with Gasteiger partial charge >= 0.3 is 5.97 Å². The third-order valence-corrected chi connectivity index (χ3v) is 7.86. The van der Waals surface area contributed by atoms with Gasteiger partial charge in [0.2, 0.25) is 0 Å². The van der Waals surface area contributed by atoms with Gasteiger partial charge < -0.3 is 19.4 Å². The number of rotatable bonds is 13. The van der Waals surface area contributed by atoms with E-state index in [9.17, 15) is 26.8 Å². The van der Waals surface area contributed by atoms with Gasteiger partial charge in [-0.3, -0.25) is 4.79 Å². The van der Waals surface area contributed by atoms with Gasteiger partial charge in [0.15, 0.2) is 0 Å². The van der Waals surface area contributed by atoms with Crippen LogP contribution < -0.4 is 5.32 Å². The van der Waals surface area contributed by atoms with Gasteiger partial charge in [-0.05, 0) is 85.8 Å². The Kier molecular flexibility index (Phi) is 11.1. The minimum atomic E-state index is -3.44. The molecular formula is C34H37F2N3O6S. The van der Waals surface area contributed by atoms with Crippen LogP contribution in [-0.2, 0) is 37.3 Å². The first-order valence-corrected chi connectivity index (χ1v) is 16.7. The van der Waals surface area contributed by atoms with Crippen molar-refractivity contribution in [1.29, 1.82) is 0 Å². The molecule has 0 saturated carbocycles. The van der Waals surface area contributed by atoms with Crippen molar-refractivity contribution in [2.24, 2.45) is 0 Å². The fourth-order valence-corrected chi connectivity index (χ4v) is 5.32. The first-order valence-electron chi connectivity index (χ1n) is 14.6. The van der Waals surface area contributed by atoms with Gasteiger partial charge in [0.05, 0.1) is 25.2 Å². The Hall–Kier alpha value is -4.42. The molecule has 46 heavy (non-hydrogen) atoms. The number of hydrogen-bond acceptors (Lipinski definition) is 7. The van der Waals surface area contributed by atoms with Crippen LogP contribution >= 0.6 is 0 Å². The highest BCUT2D eigenvalue weighted by molar-refractivity contribution is 7.90. The zero-order chi connectivity index (χ0) is 33.5. The molecule has 1 heterocycles. The van der Waals surface area contributed by atoms with E-state index in [0.717, 1.165) is 11.8 Å². The van der Waals surface area contributed by atoms with E-state index in [1.165, 1.54) is 36.4 Å². The van der Waals surface area contributed by atoms with E-state index in [1.807, 2.05) is 4.57 Å². The highest BCUT2D eigenvalue weighted by atomic mass is 32.2. The standard InChI is InChI=1S/C34H37F2N3O6S/c1-34(2,3)45-33(41)30(15-18-46(4,42)43)38-32(40)28-14-5-23(19-29(28)24-6-10-26(35)11-7-24)21-44-31(20-39-17-16-37-22-39)25-8-12-27(36)13-9-25/h5-14,16-17,19,22,30-31H,15,18,20-21H2,1-4H3,(H,38,40)/t30-,31?/m0/s1. The van der Waals surface area contributed by atoms with E-state index >= 15 is 0 Å². The topological polar surface area (TPSA) is 117 Å². The van der Waals surface area contributed by atoms with Crippen LogP contribution in [0.4, 0.5) is 8.78 Å². The monoisotopic (exact) mass is 653 g/mol. The van der Waals surface area contributed by atoms with Crippen molar-refractivity contribution < 1.29 is 36.3 Å². The number of ether oxygens (including phenoxy) is 2. The molecule has 0 aliphatic carbocycles. The summed E-state index contributed by atoms with van der Waals surface area (Å²) in [6.07, 6.45) is 5.50. The molecule has 244 valence electrons. The van der Waals surface area contributed by atoms with Crippen molar-refractivity contribution in [3.05, 3.63) is 114 Å². The van der Waals surface area contributed by atoms with Gasteiger partial charge in [0, 0.05) is 24.2 Å². The first-order chi connectivity index (χ1) is 21.7. The second-order valence-corrected chi connectivity index (χ2v) is 14.2. The highest BCUT2D eigenvalue weighted by Gasteiger charge is 2.29. The lowest BCUT2D eigenvalue weighted by atomic mass is 9.96. The lowest BCUT2D eigenvalue weighted by Crippen LogP contribution is -2.45. The number of hydrogen-bond donors (Lipinski definition) is 1. The molecule has 0 spiro atoms. The Labute approximate surface area is 267 Å². The Bertz CT molecular complexity index is 1740. The van der Waals surface area contributed by atoms with Crippen LogP contribution in [0.3, 0.4) is 0 Å². The van der Waals surface area contributed by atoms with Crippen LogP contribution in [0.2, 0.25) is 0 Å². The molecule has 0 aliphatic rings. The third kappa shape index (κ3) is 10.3. The molecule has 1 N–H and O–H groups in total. The molecule has 0 bridgehead atoms. The Balaban J connectivity index is 1.63. The van der Waals surface area contributed by atoms with E-state index < -0.39 is 45.3 Å². The summed E-state index contributed by atoms with van der Waals surface area (Å²) in [5, 5.41) is 2.65. The quantitative estimate of drug-likeness (QED) is 0.185. The largest absolute Gasteiger partial charge is 0.458 e. The average molecular weight is 654 g/mol. The number of carbonyl (C=O) groups is 2. The Morgan fingerprint density at radius 3 is 2.22 bits per heavy atom. The molecule has 1 unspecified atom stereocenters. The summed E-state index contributed by atoms with van der Waals surface area (Å²) in [4.78, 5) is 30.7. The van der Waals surface area contributed by atoms with Crippen LogP contribution in [0.5, 0.6) is 0 Å². The zero-order valence-electron chi connectivity index (χ0n) is 26.1. The number of benzene rings is 3. The van der Waals surface area contributed by atoms with Crippen molar-refractivity contribution in [2.75, 3.05) is 12.0 Å². The van der Waals surface area contributed by atoms with Crippen LogP contribution in [0, 0.1) is 11.6 Å². The minimum Gasteiger partial charge on any atom is -0.458 e. The summed E-state index contributed by atoms with van der Waals surface area (Å²) >= 11 is 0. The van der Waals surface area contributed by atoms with Crippen molar-refractivity contribution in [3.63, 3.8) is 0 Å². The smallest absolute Gasteiger partial charge is 0.329 e. The third-order valence-electron chi connectivity index (χ3n) is 6.89. The maximum absolute atomic E-state index is 13.8.